The Bertz CT molecular complexity index is 997. The van der Waals surface area contributed by atoms with E-state index >= 15 is 0 Å². The standard InChI is InChI=1S/C17H16ClF4N3O2S/c18-12-9-10(5-6-13(12)19)28(26,27)23-8-7-15-24-14-4-2-1-3-11(14)16(25-15)17(20,21)22/h5-6,9,23H,1-4,7-8H2. The molecule has 0 aliphatic heterocycles. The van der Waals surface area contributed by atoms with Gasteiger partial charge in [0.15, 0.2) is 5.69 Å². The van der Waals surface area contributed by atoms with Gasteiger partial charge in [-0.15, -0.1) is 0 Å². The Labute approximate surface area is 164 Å². The first-order valence-electron chi connectivity index (χ1n) is 8.48. The lowest BCUT2D eigenvalue weighted by Gasteiger charge is -2.20. The molecular formula is C17H16ClF4N3O2S. The predicted molar refractivity (Wildman–Crippen MR) is 94.0 cm³/mol. The molecular weight excluding hydrogens is 422 g/mol. The van der Waals surface area contributed by atoms with E-state index in [1.54, 1.807) is 0 Å². The average Bonchev–Trinajstić information content (AvgIpc) is 2.62. The number of nitrogens with zero attached hydrogens (tertiary/aromatic N) is 2. The largest absolute Gasteiger partial charge is 0.433 e. The Balaban J connectivity index is 1.76. The number of benzene rings is 1. The van der Waals surface area contributed by atoms with Gasteiger partial charge in [-0.05, 0) is 43.9 Å². The molecule has 5 nitrogen and oxygen atoms in total. The number of alkyl halides is 3. The van der Waals surface area contributed by atoms with E-state index in [4.69, 9.17) is 11.6 Å². The van der Waals surface area contributed by atoms with Gasteiger partial charge in [0.05, 0.1) is 9.92 Å². The first-order valence-corrected chi connectivity index (χ1v) is 10.3. The van der Waals surface area contributed by atoms with Gasteiger partial charge in [0.25, 0.3) is 0 Å². The number of nitrogens with one attached hydrogen (secondary N) is 1. The smallest absolute Gasteiger partial charge is 0.238 e. The van der Waals surface area contributed by atoms with Gasteiger partial charge in [-0.2, -0.15) is 13.2 Å². The monoisotopic (exact) mass is 437 g/mol. The molecule has 0 radical (unpaired) electrons. The van der Waals surface area contributed by atoms with Crippen molar-refractivity contribution in [3.63, 3.8) is 0 Å². The minimum absolute atomic E-state index is 0.0761. The fraction of sp³-hybridized carbons (Fsp3) is 0.412. The van der Waals surface area contributed by atoms with Crippen LogP contribution in [0.2, 0.25) is 5.02 Å². The third-order valence-corrected chi connectivity index (χ3v) is 6.09. The minimum atomic E-state index is -4.59. The lowest BCUT2D eigenvalue weighted by molar-refractivity contribution is -0.142. The molecule has 1 heterocycles. The maximum absolute atomic E-state index is 13.3. The van der Waals surface area contributed by atoms with Crippen LogP contribution >= 0.6 is 11.6 Å². The molecule has 152 valence electrons. The number of sulfonamides is 1. The SMILES string of the molecule is O=S(=O)(NCCc1nc2c(c(C(F)(F)F)n1)CCCC2)c1ccc(F)c(Cl)c1. The summed E-state index contributed by atoms with van der Waals surface area (Å²) < 4.78 is 79.8. The van der Waals surface area contributed by atoms with Crippen LogP contribution < -0.4 is 4.72 Å². The number of hydrogen-bond acceptors (Lipinski definition) is 4. The lowest BCUT2D eigenvalue weighted by atomic mass is 9.94. The molecule has 0 bridgehead atoms. The zero-order valence-corrected chi connectivity index (χ0v) is 16.1. The summed E-state index contributed by atoms with van der Waals surface area (Å²) in [5, 5.41) is -0.351. The van der Waals surface area contributed by atoms with E-state index in [1.807, 2.05) is 0 Å². The van der Waals surface area contributed by atoms with Gasteiger partial charge in [0.2, 0.25) is 10.0 Å². The molecule has 0 unspecified atom stereocenters. The van der Waals surface area contributed by atoms with Gasteiger partial charge in [0.1, 0.15) is 11.6 Å². The highest BCUT2D eigenvalue weighted by atomic mass is 35.5. The summed E-state index contributed by atoms with van der Waals surface area (Å²) in [4.78, 5) is 7.57. The summed E-state index contributed by atoms with van der Waals surface area (Å²) >= 11 is 5.58. The van der Waals surface area contributed by atoms with Crippen LogP contribution in [0, 0.1) is 5.82 Å². The van der Waals surface area contributed by atoms with Crippen LogP contribution in [0.15, 0.2) is 23.1 Å². The van der Waals surface area contributed by atoms with E-state index in [0.717, 1.165) is 24.6 Å². The molecule has 28 heavy (non-hydrogen) atoms. The summed E-state index contributed by atoms with van der Waals surface area (Å²) in [6.07, 6.45) is -2.60. The summed E-state index contributed by atoms with van der Waals surface area (Å²) in [6.45, 7) is -0.215. The Morgan fingerprint density at radius 2 is 1.86 bits per heavy atom. The van der Waals surface area contributed by atoms with Crippen LogP contribution in [0.5, 0.6) is 0 Å². The zero-order valence-electron chi connectivity index (χ0n) is 14.5. The number of aryl methyl sites for hydroxylation is 1. The fourth-order valence-corrected chi connectivity index (χ4v) is 4.32. The van der Waals surface area contributed by atoms with E-state index in [9.17, 15) is 26.0 Å². The van der Waals surface area contributed by atoms with Crippen molar-refractivity contribution in [1.82, 2.24) is 14.7 Å². The first-order chi connectivity index (χ1) is 13.1. The van der Waals surface area contributed by atoms with E-state index in [2.05, 4.69) is 14.7 Å². The second-order valence-electron chi connectivity index (χ2n) is 6.34. The quantitative estimate of drug-likeness (QED) is 0.724. The highest BCUT2D eigenvalue weighted by Gasteiger charge is 2.37. The molecule has 0 fully saturated rings. The van der Waals surface area contributed by atoms with Crippen LogP contribution in [0.1, 0.15) is 35.6 Å². The maximum Gasteiger partial charge on any atom is 0.433 e. The third kappa shape index (κ3) is 4.61. The highest BCUT2D eigenvalue weighted by molar-refractivity contribution is 7.89. The van der Waals surface area contributed by atoms with Crippen molar-refractivity contribution < 1.29 is 26.0 Å². The highest BCUT2D eigenvalue weighted by Crippen LogP contribution is 2.34. The Morgan fingerprint density at radius 3 is 2.54 bits per heavy atom. The second-order valence-corrected chi connectivity index (χ2v) is 8.52. The topological polar surface area (TPSA) is 72.0 Å². The summed E-state index contributed by atoms with van der Waals surface area (Å²) in [5.41, 5.74) is -0.443. The van der Waals surface area contributed by atoms with Gasteiger partial charge < -0.3 is 0 Å². The molecule has 11 heteroatoms. The van der Waals surface area contributed by atoms with Gasteiger partial charge in [0, 0.05) is 24.2 Å². The van der Waals surface area contributed by atoms with Gasteiger partial charge in [-0.25, -0.2) is 27.5 Å². The number of rotatable bonds is 5. The summed E-state index contributed by atoms with van der Waals surface area (Å²) in [6, 6.07) is 2.91. The molecule has 1 aromatic carbocycles. The molecule has 2 aromatic rings. The minimum Gasteiger partial charge on any atom is -0.238 e. The van der Waals surface area contributed by atoms with Crippen molar-refractivity contribution in [1.29, 1.82) is 0 Å². The van der Waals surface area contributed by atoms with Crippen molar-refractivity contribution in [3.8, 4) is 0 Å². The molecule has 0 saturated heterocycles. The third-order valence-electron chi connectivity index (χ3n) is 4.34. The molecule has 1 aliphatic carbocycles. The first kappa shape index (κ1) is 20.9. The van der Waals surface area contributed by atoms with E-state index < -0.39 is 27.7 Å². The zero-order chi connectivity index (χ0) is 20.5. The second kappa shape index (κ2) is 7.92. The molecule has 1 N–H and O–H groups in total. The number of aromatic nitrogens is 2. The molecule has 3 rings (SSSR count). The molecule has 0 spiro atoms. The van der Waals surface area contributed by atoms with Crippen LogP contribution in [0.25, 0.3) is 0 Å². The van der Waals surface area contributed by atoms with Crippen LogP contribution in [-0.4, -0.2) is 24.9 Å². The molecule has 1 aliphatic rings. The number of fused-ring (bicyclic) bond motifs is 1. The number of halogens is 5. The van der Waals surface area contributed by atoms with Crippen molar-refractivity contribution in [2.45, 2.75) is 43.2 Å². The maximum atomic E-state index is 13.3. The summed E-state index contributed by atoms with van der Waals surface area (Å²) in [7, 11) is -4.00. The average molecular weight is 438 g/mol. The Hall–Kier alpha value is -1.78. The van der Waals surface area contributed by atoms with Crippen LogP contribution in [-0.2, 0) is 35.5 Å². The van der Waals surface area contributed by atoms with E-state index in [-0.39, 0.29) is 40.7 Å². The Kier molecular flexibility index (Phi) is 5.92. The van der Waals surface area contributed by atoms with Crippen LogP contribution in [0.3, 0.4) is 0 Å². The fourth-order valence-electron chi connectivity index (χ4n) is 3.02. The lowest BCUT2D eigenvalue weighted by Crippen LogP contribution is -2.27. The van der Waals surface area contributed by atoms with E-state index in [1.165, 1.54) is 0 Å². The van der Waals surface area contributed by atoms with Gasteiger partial charge >= 0.3 is 6.18 Å². The van der Waals surface area contributed by atoms with Gasteiger partial charge in [-0.1, -0.05) is 11.6 Å². The van der Waals surface area contributed by atoms with Crippen LogP contribution in [0.4, 0.5) is 17.6 Å². The molecule has 1 aromatic heterocycles. The normalized spacial score (nSPS) is 14.8. The van der Waals surface area contributed by atoms with Crippen molar-refractivity contribution >= 4 is 21.6 Å². The van der Waals surface area contributed by atoms with Gasteiger partial charge in [-0.3, -0.25) is 0 Å². The molecule has 0 saturated carbocycles. The van der Waals surface area contributed by atoms with Crippen molar-refractivity contribution in [2.24, 2.45) is 0 Å². The molecule has 0 atom stereocenters. The van der Waals surface area contributed by atoms with Crippen molar-refractivity contribution in [2.75, 3.05) is 6.54 Å². The van der Waals surface area contributed by atoms with Crippen molar-refractivity contribution in [3.05, 3.63) is 51.8 Å². The number of hydrogen-bond donors (Lipinski definition) is 1. The Morgan fingerprint density at radius 1 is 1.14 bits per heavy atom. The van der Waals surface area contributed by atoms with E-state index in [0.29, 0.717) is 18.5 Å². The molecule has 0 amide bonds. The predicted octanol–water partition coefficient (Wildman–Crippen LogP) is 3.69. The summed E-state index contributed by atoms with van der Waals surface area (Å²) in [5.74, 6) is -0.837.